The normalized spacial score (nSPS) is 10.7. The van der Waals surface area contributed by atoms with Gasteiger partial charge in [-0.05, 0) is 51.7 Å². The Hall–Kier alpha value is -3.56. The first kappa shape index (κ1) is 22.7. The van der Waals surface area contributed by atoms with Crippen LogP contribution in [-0.2, 0) is 22.3 Å². The summed E-state index contributed by atoms with van der Waals surface area (Å²) >= 11 is 0. The van der Waals surface area contributed by atoms with Crippen LogP contribution in [0.15, 0.2) is 0 Å². The van der Waals surface area contributed by atoms with E-state index in [1.165, 1.54) is 13.8 Å². The largest absolute Gasteiger partial charge is 0.477 e. The Morgan fingerprint density at radius 3 is 1.33 bits per heavy atom. The number of carbonyl (C=O) groups is 4. The van der Waals surface area contributed by atoms with Gasteiger partial charge in [-0.25, -0.2) is 19.2 Å². The summed E-state index contributed by atoms with van der Waals surface area (Å²) in [6.45, 7) is 6.52. The number of aromatic nitrogens is 2. The molecular formula is C20H24N2O8. The van der Waals surface area contributed by atoms with E-state index in [4.69, 9.17) is 9.47 Å². The standard InChI is InChI=1S/C20H24N2O8/c1-5-29-19(27)13-9(3)15(17(23)24)21-11(13)7-8-12-14(20(28)30-6-2)10(4)16(22-12)18(25)26/h21-22H,5-8H2,1-4H3,(H,23,24)(H,25,26). The van der Waals surface area contributed by atoms with E-state index in [1.807, 2.05) is 0 Å². The highest BCUT2D eigenvalue weighted by molar-refractivity contribution is 5.99. The Bertz CT molecular complexity index is 919. The second-order valence-corrected chi connectivity index (χ2v) is 6.51. The van der Waals surface area contributed by atoms with Crippen molar-refractivity contribution in [1.82, 2.24) is 9.97 Å². The van der Waals surface area contributed by atoms with E-state index in [2.05, 4.69) is 9.97 Å². The van der Waals surface area contributed by atoms with Crippen LogP contribution in [0.25, 0.3) is 0 Å². The van der Waals surface area contributed by atoms with Gasteiger partial charge < -0.3 is 29.7 Å². The lowest BCUT2D eigenvalue weighted by atomic mass is 10.0. The molecule has 0 fully saturated rings. The van der Waals surface area contributed by atoms with E-state index in [9.17, 15) is 29.4 Å². The molecule has 2 aromatic rings. The minimum atomic E-state index is -1.22. The molecule has 0 aliphatic heterocycles. The van der Waals surface area contributed by atoms with E-state index in [1.54, 1.807) is 13.8 Å². The number of aromatic amines is 2. The summed E-state index contributed by atoms with van der Waals surface area (Å²) in [5, 5.41) is 18.7. The third-order valence-corrected chi connectivity index (χ3v) is 4.67. The van der Waals surface area contributed by atoms with Crippen molar-refractivity contribution >= 4 is 23.9 Å². The molecule has 30 heavy (non-hydrogen) atoms. The Kier molecular flexibility index (Phi) is 7.04. The Morgan fingerprint density at radius 1 is 0.733 bits per heavy atom. The third kappa shape index (κ3) is 4.37. The monoisotopic (exact) mass is 420 g/mol. The van der Waals surface area contributed by atoms with Crippen molar-refractivity contribution in [1.29, 1.82) is 0 Å². The maximum atomic E-state index is 12.3. The molecule has 0 atom stereocenters. The average Bonchev–Trinajstić information content (AvgIpc) is 3.17. The van der Waals surface area contributed by atoms with Gasteiger partial charge in [0.25, 0.3) is 0 Å². The topological polar surface area (TPSA) is 159 Å². The third-order valence-electron chi connectivity index (χ3n) is 4.67. The van der Waals surface area contributed by atoms with Crippen LogP contribution in [0.5, 0.6) is 0 Å². The molecule has 0 amide bonds. The van der Waals surface area contributed by atoms with Crippen molar-refractivity contribution in [3.05, 3.63) is 45.0 Å². The number of nitrogens with one attached hydrogen (secondary N) is 2. The highest BCUT2D eigenvalue weighted by Crippen LogP contribution is 2.25. The highest BCUT2D eigenvalue weighted by atomic mass is 16.5. The van der Waals surface area contributed by atoms with Gasteiger partial charge in [-0.3, -0.25) is 0 Å². The maximum absolute atomic E-state index is 12.3. The zero-order chi connectivity index (χ0) is 22.6. The summed E-state index contributed by atoms with van der Waals surface area (Å²) in [4.78, 5) is 53.1. The van der Waals surface area contributed by atoms with Crippen LogP contribution in [0, 0.1) is 13.8 Å². The molecule has 0 bridgehead atoms. The SMILES string of the molecule is CCOC(=O)c1c(CCc2[nH]c(C(=O)O)c(C)c2C(=O)OCC)[nH]c(C(=O)O)c1C. The van der Waals surface area contributed by atoms with Crippen molar-refractivity contribution in [3.63, 3.8) is 0 Å². The van der Waals surface area contributed by atoms with Crippen LogP contribution in [0.3, 0.4) is 0 Å². The number of carboxylic acids is 2. The Labute approximate surface area is 172 Å². The van der Waals surface area contributed by atoms with E-state index in [0.29, 0.717) is 11.4 Å². The second-order valence-electron chi connectivity index (χ2n) is 6.51. The first-order valence-electron chi connectivity index (χ1n) is 9.37. The van der Waals surface area contributed by atoms with E-state index in [0.717, 1.165) is 0 Å². The maximum Gasteiger partial charge on any atom is 0.352 e. The minimum absolute atomic E-state index is 0.119. The van der Waals surface area contributed by atoms with Crippen LogP contribution in [-0.4, -0.2) is 57.3 Å². The Morgan fingerprint density at radius 2 is 1.07 bits per heavy atom. The zero-order valence-corrected chi connectivity index (χ0v) is 17.2. The first-order chi connectivity index (χ1) is 14.1. The van der Waals surface area contributed by atoms with Gasteiger partial charge in [-0.1, -0.05) is 0 Å². The fraction of sp³-hybridized carbons (Fsp3) is 0.400. The minimum Gasteiger partial charge on any atom is -0.477 e. The van der Waals surface area contributed by atoms with Crippen LogP contribution < -0.4 is 0 Å². The number of H-pyrrole nitrogens is 2. The molecule has 10 heteroatoms. The molecule has 2 aromatic heterocycles. The van der Waals surface area contributed by atoms with Crippen molar-refractivity contribution in [3.8, 4) is 0 Å². The van der Waals surface area contributed by atoms with Crippen molar-refractivity contribution in [2.75, 3.05) is 13.2 Å². The summed E-state index contributed by atoms with van der Waals surface area (Å²) in [7, 11) is 0. The van der Waals surface area contributed by atoms with Crippen LogP contribution in [0.2, 0.25) is 0 Å². The number of esters is 2. The van der Waals surface area contributed by atoms with Gasteiger partial charge in [0.2, 0.25) is 0 Å². The number of hydrogen-bond acceptors (Lipinski definition) is 6. The van der Waals surface area contributed by atoms with Gasteiger partial charge in [0.15, 0.2) is 0 Å². The molecule has 0 saturated heterocycles. The average molecular weight is 420 g/mol. The van der Waals surface area contributed by atoms with Crippen LogP contribution in [0.1, 0.15) is 78.1 Å². The smallest absolute Gasteiger partial charge is 0.352 e. The zero-order valence-electron chi connectivity index (χ0n) is 17.2. The summed E-state index contributed by atoms with van der Waals surface area (Å²) in [5.41, 5.74) is 1.11. The lowest BCUT2D eigenvalue weighted by Crippen LogP contribution is -2.11. The number of aromatic carboxylic acids is 2. The molecular weight excluding hydrogens is 396 g/mol. The predicted octanol–water partition coefficient (Wildman–Crippen LogP) is 2.49. The molecule has 0 aliphatic rings. The lowest BCUT2D eigenvalue weighted by molar-refractivity contribution is 0.0513. The van der Waals surface area contributed by atoms with Gasteiger partial charge in [-0.15, -0.1) is 0 Å². The van der Waals surface area contributed by atoms with Gasteiger partial charge in [0, 0.05) is 11.4 Å². The summed E-state index contributed by atoms with van der Waals surface area (Å²) in [6.07, 6.45) is 0.265. The number of carboxylic acid groups (broad SMARTS) is 2. The second kappa shape index (κ2) is 9.29. The molecule has 162 valence electrons. The lowest BCUT2D eigenvalue weighted by Gasteiger charge is -2.07. The van der Waals surface area contributed by atoms with Gasteiger partial charge in [0.1, 0.15) is 11.4 Å². The number of carbonyl (C=O) groups excluding carboxylic acids is 2. The van der Waals surface area contributed by atoms with E-state index < -0.39 is 23.9 Å². The molecule has 0 spiro atoms. The van der Waals surface area contributed by atoms with E-state index in [-0.39, 0.29) is 59.7 Å². The highest BCUT2D eigenvalue weighted by Gasteiger charge is 2.27. The molecule has 0 radical (unpaired) electrons. The van der Waals surface area contributed by atoms with Crippen molar-refractivity contribution < 1.29 is 38.9 Å². The molecule has 0 aliphatic carbocycles. The molecule has 10 nitrogen and oxygen atoms in total. The van der Waals surface area contributed by atoms with Crippen molar-refractivity contribution in [2.24, 2.45) is 0 Å². The number of aryl methyl sites for hydroxylation is 2. The van der Waals surface area contributed by atoms with E-state index >= 15 is 0 Å². The molecule has 0 saturated carbocycles. The fourth-order valence-corrected chi connectivity index (χ4v) is 3.33. The predicted molar refractivity (Wildman–Crippen MR) is 104 cm³/mol. The molecule has 2 heterocycles. The van der Waals surface area contributed by atoms with Gasteiger partial charge in [0.05, 0.1) is 24.3 Å². The van der Waals surface area contributed by atoms with Crippen LogP contribution in [0.4, 0.5) is 0 Å². The molecule has 4 N–H and O–H groups in total. The quantitative estimate of drug-likeness (QED) is 0.450. The summed E-state index contributed by atoms with van der Waals surface area (Å²) < 4.78 is 10.1. The van der Waals surface area contributed by atoms with Gasteiger partial charge >= 0.3 is 23.9 Å². The molecule has 2 rings (SSSR count). The van der Waals surface area contributed by atoms with Gasteiger partial charge in [-0.2, -0.15) is 0 Å². The molecule has 0 unspecified atom stereocenters. The number of ether oxygens (including phenoxy) is 2. The number of rotatable bonds is 9. The summed E-state index contributed by atoms with van der Waals surface area (Å²) in [5.74, 6) is -3.76. The van der Waals surface area contributed by atoms with Crippen molar-refractivity contribution in [2.45, 2.75) is 40.5 Å². The first-order valence-corrected chi connectivity index (χ1v) is 9.37. The fourth-order valence-electron chi connectivity index (χ4n) is 3.33. The molecule has 0 aromatic carbocycles. The van der Waals surface area contributed by atoms with Crippen LogP contribution >= 0.6 is 0 Å². The number of hydrogen-bond donors (Lipinski definition) is 4. The Balaban J connectivity index is 2.46. The summed E-state index contributed by atoms with van der Waals surface area (Å²) in [6, 6.07) is 0.